The van der Waals surface area contributed by atoms with Crippen LogP contribution in [-0.2, 0) is 9.53 Å². The Labute approximate surface area is 190 Å². The van der Waals surface area contributed by atoms with Crippen molar-refractivity contribution in [3.05, 3.63) is 22.1 Å². The molecule has 0 saturated heterocycles. The Balaban J connectivity index is 2.14. The minimum atomic E-state index is -0.450. The Hall–Kier alpha value is -2.46. The van der Waals surface area contributed by atoms with Gasteiger partial charge in [0.25, 0.3) is 5.56 Å². The smallest absolute Gasteiger partial charge is 0.321 e. The number of H-pyrrole nitrogens is 1. The summed E-state index contributed by atoms with van der Waals surface area (Å²) in [5.74, 6) is 0.175. The Morgan fingerprint density at radius 1 is 1.19 bits per heavy atom. The summed E-state index contributed by atoms with van der Waals surface area (Å²) >= 11 is 0. The van der Waals surface area contributed by atoms with Gasteiger partial charge in [-0.15, -0.1) is 0 Å². The molecule has 10 nitrogen and oxygen atoms in total. The molecule has 0 radical (unpaired) electrons. The lowest BCUT2D eigenvalue weighted by atomic mass is 9.88. The molecule has 1 aromatic heterocycles. The average molecular weight is 453 g/mol. The van der Waals surface area contributed by atoms with Crippen LogP contribution in [0, 0.1) is 12.3 Å². The molecule has 3 amide bonds. The van der Waals surface area contributed by atoms with Gasteiger partial charge >= 0.3 is 6.03 Å². The van der Waals surface area contributed by atoms with Crippen LogP contribution >= 0.6 is 0 Å². The van der Waals surface area contributed by atoms with Crippen molar-refractivity contribution < 1.29 is 14.3 Å². The van der Waals surface area contributed by atoms with E-state index < -0.39 is 11.4 Å². The van der Waals surface area contributed by atoms with Gasteiger partial charge in [-0.3, -0.25) is 19.9 Å². The van der Waals surface area contributed by atoms with E-state index in [1.165, 1.54) is 6.07 Å². The molecule has 0 aliphatic heterocycles. The molecule has 32 heavy (non-hydrogen) atoms. The lowest BCUT2D eigenvalue weighted by Gasteiger charge is -2.24. The molecule has 0 aliphatic carbocycles. The number of hydrogen-bond donors (Lipinski definition) is 4. The number of anilines is 1. The summed E-state index contributed by atoms with van der Waals surface area (Å²) in [5, 5.41) is 8.27. The van der Waals surface area contributed by atoms with Gasteiger partial charge in [0, 0.05) is 36.9 Å². The van der Waals surface area contributed by atoms with Gasteiger partial charge in [-0.25, -0.2) is 9.78 Å². The fraction of sp³-hybridized carbons (Fsp3) is 0.727. The predicted octanol–water partition coefficient (Wildman–Crippen LogP) is 1.87. The Morgan fingerprint density at radius 3 is 2.41 bits per heavy atom. The molecular weight excluding hydrogens is 412 g/mol. The second-order valence-electron chi connectivity index (χ2n) is 8.94. The van der Waals surface area contributed by atoms with Gasteiger partial charge in [0.15, 0.2) is 0 Å². The fourth-order valence-electron chi connectivity index (χ4n) is 2.91. The van der Waals surface area contributed by atoms with E-state index in [9.17, 15) is 14.4 Å². The van der Waals surface area contributed by atoms with E-state index in [4.69, 9.17) is 4.74 Å². The molecule has 4 N–H and O–H groups in total. The number of rotatable bonds is 14. The number of aromatic amines is 1. The van der Waals surface area contributed by atoms with Crippen molar-refractivity contribution in [2.24, 2.45) is 5.41 Å². The number of aromatic nitrogens is 2. The SMILES string of the molecule is Cc1cc(=O)[nH]c(NC(=O)NCCCN(C)CCCNC(=O)C(C)(C)CCOC(C)C)n1. The second kappa shape index (κ2) is 13.8. The molecule has 0 fully saturated rings. The van der Waals surface area contributed by atoms with Gasteiger partial charge in [0.05, 0.1) is 6.10 Å². The van der Waals surface area contributed by atoms with Crippen LogP contribution in [0.1, 0.15) is 52.7 Å². The molecule has 0 atom stereocenters. The van der Waals surface area contributed by atoms with Crippen LogP contribution in [0.4, 0.5) is 10.7 Å². The zero-order valence-corrected chi connectivity index (χ0v) is 20.3. The van der Waals surface area contributed by atoms with Gasteiger partial charge in [0.2, 0.25) is 11.9 Å². The first-order valence-corrected chi connectivity index (χ1v) is 11.2. The van der Waals surface area contributed by atoms with E-state index in [0.717, 1.165) is 25.9 Å². The van der Waals surface area contributed by atoms with Gasteiger partial charge < -0.3 is 20.3 Å². The van der Waals surface area contributed by atoms with Crippen LogP contribution in [-0.4, -0.2) is 72.7 Å². The van der Waals surface area contributed by atoms with Crippen molar-refractivity contribution in [2.75, 3.05) is 45.2 Å². The maximum atomic E-state index is 12.4. The molecule has 1 rings (SSSR count). The topological polar surface area (TPSA) is 128 Å². The number of ether oxygens (including phenoxy) is 1. The molecule has 0 spiro atoms. The summed E-state index contributed by atoms with van der Waals surface area (Å²) in [6.07, 6.45) is 2.48. The van der Waals surface area contributed by atoms with E-state index in [1.54, 1.807) is 6.92 Å². The lowest BCUT2D eigenvalue weighted by Crippen LogP contribution is -2.39. The highest BCUT2D eigenvalue weighted by atomic mass is 16.5. The molecule has 0 aromatic carbocycles. The molecule has 10 heteroatoms. The average Bonchev–Trinajstić information content (AvgIpc) is 2.67. The number of carbonyl (C=O) groups is 2. The number of hydrogen-bond acceptors (Lipinski definition) is 6. The largest absolute Gasteiger partial charge is 0.379 e. The van der Waals surface area contributed by atoms with Crippen LogP contribution in [0.15, 0.2) is 10.9 Å². The third kappa shape index (κ3) is 11.8. The monoisotopic (exact) mass is 452 g/mol. The second-order valence-corrected chi connectivity index (χ2v) is 8.94. The van der Waals surface area contributed by atoms with E-state index in [1.807, 2.05) is 34.7 Å². The van der Waals surface area contributed by atoms with E-state index in [2.05, 4.69) is 30.8 Å². The third-order valence-corrected chi connectivity index (χ3v) is 4.90. The molecule has 0 unspecified atom stereocenters. The summed E-state index contributed by atoms with van der Waals surface area (Å²) in [6, 6.07) is 0.944. The molecule has 0 aliphatic rings. The van der Waals surface area contributed by atoms with Crippen LogP contribution in [0.25, 0.3) is 0 Å². The molecule has 0 saturated carbocycles. The van der Waals surface area contributed by atoms with Gasteiger partial charge in [-0.05, 0) is 60.2 Å². The summed E-state index contributed by atoms with van der Waals surface area (Å²) in [6.45, 7) is 12.9. The van der Waals surface area contributed by atoms with Crippen molar-refractivity contribution in [2.45, 2.75) is 60.0 Å². The minimum Gasteiger partial charge on any atom is -0.379 e. The highest BCUT2D eigenvalue weighted by molar-refractivity contribution is 5.87. The van der Waals surface area contributed by atoms with E-state index in [-0.39, 0.29) is 23.5 Å². The predicted molar refractivity (Wildman–Crippen MR) is 126 cm³/mol. The van der Waals surface area contributed by atoms with Crippen molar-refractivity contribution in [3.63, 3.8) is 0 Å². The number of nitrogens with zero attached hydrogens (tertiary/aromatic N) is 2. The maximum Gasteiger partial charge on any atom is 0.321 e. The third-order valence-electron chi connectivity index (χ3n) is 4.90. The van der Waals surface area contributed by atoms with Gasteiger partial charge in [-0.2, -0.15) is 0 Å². The van der Waals surface area contributed by atoms with Crippen molar-refractivity contribution in [1.29, 1.82) is 0 Å². The number of amides is 3. The number of aryl methyl sites for hydroxylation is 1. The van der Waals surface area contributed by atoms with Gasteiger partial charge in [-0.1, -0.05) is 13.8 Å². The maximum absolute atomic E-state index is 12.4. The molecule has 182 valence electrons. The van der Waals surface area contributed by atoms with Crippen molar-refractivity contribution in [1.82, 2.24) is 25.5 Å². The first-order valence-electron chi connectivity index (χ1n) is 11.2. The number of urea groups is 1. The number of carbonyl (C=O) groups excluding carboxylic acids is 2. The summed E-state index contributed by atoms with van der Waals surface area (Å²) in [4.78, 5) is 44.3. The zero-order chi connectivity index (χ0) is 24.1. The first kappa shape index (κ1) is 27.6. The highest BCUT2D eigenvalue weighted by Gasteiger charge is 2.26. The molecule has 0 bridgehead atoms. The molecular formula is C22H40N6O4. The van der Waals surface area contributed by atoms with Crippen molar-refractivity contribution in [3.8, 4) is 0 Å². The van der Waals surface area contributed by atoms with Crippen LogP contribution in [0.2, 0.25) is 0 Å². The Kier molecular flexibility index (Phi) is 11.9. The van der Waals surface area contributed by atoms with Crippen LogP contribution in [0.5, 0.6) is 0 Å². The molecule has 1 heterocycles. The van der Waals surface area contributed by atoms with Crippen LogP contribution < -0.4 is 21.5 Å². The Morgan fingerprint density at radius 2 is 1.81 bits per heavy atom. The van der Waals surface area contributed by atoms with Gasteiger partial charge in [0.1, 0.15) is 0 Å². The van der Waals surface area contributed by atoms with E-state index in [0.29, 0.717) is 31.8 Å². The quantitative estimate of drug-likeness (QED) is 0.319. The summed E-state index contributed by atoms with van der Waals surface area (Å²) < 4.78 is 5.55. The summed E-state index contributed by atoms with van der Waals surface area (Å²) in [5.41, 5.74) is -0.228. The first-order chi connectivity index (χ1) is 15.0. The fourth-order valence-corrected chi connectivity index (χ4v) is 2.91. The summed E-state index contributed by atoms with van der Waals surface area (Å²) in [7, 11) is 2.01. The Bertz CT molecular complexity index is 778. The van der Waals surface area contributed by atoms with Crippen molar-refractivity contribution >= 4 is 17.9 Å². The van der Waals surface area contributed by atoms with E-state index >= 15 is 0 Å². The zero-order valence-electron chi connectivity index (χ0n) is 20.3. The number of nitrogens with one attached hydrogen (secondary N) is 4. The van der Waals surface area contributed by atoms with Crippen LogP contribution in [0.3, 0.4) is 0 Å². The molecule has 1 aromatic rings. The minimum absolute atomic E-state index is 0.0483. The lowest BCUT2D eigenvalue weighted by molar-refractivity contribution is -0.130. The normalized spacial score (nSPS) is 11.6. The standard InChI is InChI=1S/C22H40N6O4/c1-16(2)32-14-9-22(4,5)19(30)23-10-7-12-28(6)13-8-11-24-21(31)27-20-25-17(3)15-18(29)26-20/h15-16H,7-14H2,1-6H3,(H,23,30)(H3,24,25,26,27,29,31). The highest BCUT2D eigenvalue weighted by Crippen LogP contribution is 2.20.